The first-order valence-electron chi connectivity index (χ1n) is 4.90. The Hall–Kier alpha value is -2.14. The van der Waals surface area contributed by atoms with E-state index in [0.717, 1.165) is 5.69 Å². The van der Waals surface area contributed by atoms with Crippen LogP contribution >= 0.6 is 0 Å². The number of nitrogens with one attached hydrogen (secondary N) is 2. The van der Waals surface area contributed by atoms with Crippen molar-refractivity contribution in [2.24, 2.45) is 5.84 Å². The second kappa shape index (κ2) is 4.59. The molecule has 2 rings (SSSR count). The highest BCUT2D eigenvalue weighted by molar-refractivity contribution is 5.58. The predicted octanol–water partition coefficient (Wildman–Crippen LogP) is 1.81. The van der Waals surface area contributed by atoms with Crippen LogP contribution < -0.4 is 16.6 Å². The molecule has 0 unspecified atom stereocenters. The van der Waals surface area contributed by atoms with E-state index in [0.29, 0.717) is 11.6 Å². The van der Waals surface area contributed by atoms with Crippen LogP contribution in [0.25, 0.3) is 0 Å². The number of aryl methyl sites for hydroxylation is 1. The van der Waals surface area contributed by atoms with Crippen molar-refractivity contribution in [1.29, 1.82) is 0 Å². The molecule has 0 aliphatic rings. The van der Waals surface area contributed by atoms with Crippen LogP contribution in [0.2, 0.25) is 0 Å². The molecule has 0 radical (unpaired) electrons. The minimum atomic E-state index is 0.574. The van der Waals surface area contributed by atoms with Crippen molar-refractivity contribution in [2.75, 3.05) is 10.7 Å². The highest BCUT2D eigenvalue weighted by Crippen LogP contribution is 2.16. The van der Waals surface area contributed by atoms with Crippen LogP contribution in [0.4, 0.5) is 17.3 Å². The van der Waals surface area contributed by atoms with E-state index < -0.39 is 0 Å². The van der Waals surface area contributed by atoms with Gasteiger partial charge in [-0.3, -0.25) is 0 Å². The first kappa shape index (κ1) is 10.4. The Kier molecular flexibility index (Phi) is 2.98. The van der Waals surface area contributed by atoms with Crippen LogP contribution in [0.3, 0.4) is 0 Å². The monoisotopic (exact) mass is 215 g/mol. The summed E-state index contributed by atoms with van der Waals surface area (Å²) in [5.41, 5.74) is 4.67. The summed E-state index contributed by atoms with van der Waals surface area (Å²) < 4.78 is 0. The van der Waals surface area contributed by atoms with Gasteiger partial charge < -0.3 is 10.7 Å². The molecule has 82 valence electrons. The van der Waals surface area contributed by atoms with E-state index in [1.165, 1.54) is 11.9 Å². The molecule has 4 N–H and O–H groups in total. The van der Waals surface area contributed by atoms with E-state index in [1.807, 2.05) is 31.2 Å². The maximum absolute atomic E-state index is 5.26. The van der Waals surface area contributed by atoms with Crippen molar-refractivity contribution in [3.63, 3.8) is 0 Å². The number of hydrogen-bond acceptors (Lipinski definition) is 5. The average Bonchev–Trinajstić information content (AvgIpc) is 2.32. The van der Waals surface area contributed by atoms with Crippen LogP contribution in [0.15, 0.2) is 36.7 Å². The fourth-order valence-electron chi connectivity index (χ4n) is 1.29. The lowest BCUT2D eigenvalue weighted by molar-refractivity contribution is 1.14. The van der Waals surface area contributed by atoms with E-state index in [-0.39, 0.29) is 0 Å². The third kappa shape index (κ3) is 2.46. The molecule has 0 saturated carbocycles. The Labute approximate surface area is 93.7 Å². The second-order valence-corrected chi connectivity index (χ2v) is 3.42. The van der Waals surface area contributed by atoms with Gasteiger partial charge in [-0.2, -0.15) is 0 Å². The van der Waals surface area contributed by atoms with Crippen LogP contribution in [-0.4, -0.2) is 9.97 Å². The molecule has 1 aromatic carbocycles. The second-order valence-electron chi connectivity index (χ2n) is 3.42. The van der Waals surface area contributed by atoms with Gasteiger partial charge in [0.25, 0.3) is 0 Å². The zero-order valence-corrected chi connectivity index (χ0v) is 8.94. The molecular formula is C11H13N5. The standard InChI is InChI=1S/C11H13N5/c1-8-2-4-9(5-3-8)15-10-6-11(16-12)14-7-13-10/h2-7H,12H2,1H3,(H2,13,14,15,16). The molecule has 16 heavy (non-hydrogen) atoms. The molecule has 0 fully saturated rings. The molecule has 5 heteroatoms. The number of hydrazine groups is 1. The maximum Gasteiger partial charge on any atom is 0.145 e. The zero-order valence-electron chi connectivity index (χ0n) is 8.94. The van der Waals surface area contributed by atoms with Crippen molar-refractivity contribution >= 4 is 17.3 Å². The molecule has 5 nitrogen and oxygen atoms in total. The van der Waals surface area contributed by atoms with Crippen molar-refractivity contribution in [3.05, 3.63) is 42.2 Å². The van der Waals surface area contributed by atoms with E-state index in [4.69, 9.17) is 5.84 Å². The summed E-state index contributed by atoms with van der Waals surface area (Å²) in [5.74, 6) is 6.54. The molecule has 1 heterocycles. The fourth-order valence-corrected chi connectivity index (χ4v) is 1.29. The summed E-state index contributed by atoms with van der Waals surface area (Å²) in [6.07, 6.45) is 1.45. The third-order valence-electron chi connectivity index (χ3n) is 2.14. The average molecular weight is 215 g/mol. The number of rotatable bonds is 3. The highest BCUT2D eigenvalue weighted by atomic mass is 15.3. The lowest BCUT2D eigenvalue weighted by Crippen LogP contribution is -2.09. The molecule has 1 aromatic heterocycles. The van der Waals surface area contributed by atoms with Crippen molar-refractivity contribution in [2.45, 2.75) is 6.92 Å². The molecular weight excluding hydrogens is 202 g/mol. The summed E-state index contributed by atoms with van der Waals surface area (Å²) >= 11 is 0. The Balaban J connectivity index is 2.16. The van der Waals surface area contributed by atoms with E-state index in [2.05, 4.69) is 20.7 Å². The minimum absolute atomic E-state index is 0.574. The largest absolute Gasteiger partial charge is 0.340 e. The van der Waals surface area contributed by atoms with Crippen LogP contribution in [0, 0.1) is 6.92 Å². The molecule has 0 aliphatic carbocycles. The van der Waals surface area contributed by atoms with Gasteiger partial charge in [-0.1, -0.05) is 17.7 Å². The molecule has 2 aromatic rings. The van der Waals surface area contributed by atoms with Crippen molar-refractivity contribution in [1.82, 2.24) is 9.97 Å². The molecule has 0 saturated heterocycles. The van der Waals surface area contributed by atoms with Gasteiger partial charge in [0.1, 0.15) is 18.0 Å². The van der Waals surface area contributed by atoms with E-state index >= 15 is 0 Å². The summed E-state index contributed by atoms with van der Waals surface area (Å²) in [5, 5.41) is 3.16. The molecule has 0 bridgehead atoms. The minimum Gasteiger partial charge on any atom is -0.340 e. The molecule has 0 amide bonds. The Morgan fingerprint density at radius 1 is 1.06 bits per heavy atom. The van der Waals surface area contributed by atoms with E-state index in [9.17, 15) is 0 Å². The summed E-state index contributed by atoms with van der Waals surface area (Å²) in [7, 11) is 0. The van der Waals surface area contributed by atoms with Gasteiger partial charge in [-0.25, -0.2) is 15.8 Å². The lowest BCUT2D eigenvalue weighted by Gasteiger charge is -2.06. The van der Waals surface area contributed by atoms with Crippen LogP contribution in [-0.2, 0) is 0 Å². The maximum atomic E-state index is 5.26. The van der Waals surface area contributed by atoms with Gasteiger partial charge in [-0.05, 0) is 19.1 Å². The van der Waals surface area contributed by atoms with Crippen molar-refractivity contribution < 1.29 is 0 Å². The smallest absolute Gasteiger partial charge is 0.145 e. The first-order valence-corrected chi connectivity index (χ1v) is 4.90. The van der Waals surface area contributed by atoms with Gasteiger partial charge in [-0.15, -0.1) is 0 Å². The van der Waals surface area contributed by atoms with Gasteiger partial charge in [0.05, 0.1) is 0 Å². The number of hydrogen-bond donors (Lipinski definition) is 3. The predicted molar refractivity (Wildman–Crippen MR) is 64.3 cm³/mol. The number of nitrogen functional groups attached to an aromatic ring is 1. The normalized spacial score (nSPS) is 9.88. The molecule has 0 aliphatic heterocycles. The number of nitrogens with zero attached hydrogens (tertiary/aromatic N) is 2. The lowest BCUT2D eigenvalue weighted by atomic mass is 10.2. The Bertz CT molecular complexity index is 466. The SMILES string of the molecule is Cc1ccc(Nc2cc(NN)ncn2)cc1. The molecule has 0 atom stereocenters. The fraction of sp³-hybridized carbons (Fsp3) is 0.0909. The van der Waals surface area contributed by atoms with Gasteiger partial charge in [0, 0.05) is 11.8 Å². The number of anilines is 3. The Morgan fingerprint density at radius 3 is 2.44 bits per heavy atom. The van der Waals surface area contributed by atoms with Gasteiger partial charge in [0.2, 0.25) is 0 Å². The van der Waals surface area contributed by atoms with Gasteiger partial charge in [0.15, 0.2) is 0 Å². The third-order valence-corrected chi connectivity index (χ3v) is 2.14. The van der Waals surface area contributed by atoms with Gasteiger partial charge >= 0.3 is 0 Å². The summed E-state index contributed by atoms with van der Waals surface area (Å²) in [6, 6.07) is 9.79. The highest BCUT2D eigenvalue weighted by Gasteiger charge is 1.97. The summed E-state index contributed by atoms with van der Waals surface area (Å²) in [4.78, 5) is 8.01. The van der Waals surface area contributed by atoms with Crippen LogP contribution in [0.5, 0.6) is 0 Å². The number of aromatic nitrogens is 2. The summed E-state index contributed by atoms with van der Waals surface area (Å²) in [6.45, 7) is 2.05. The number of nitrogens with two attached hydrogens (primary N) is 1. The molecule has 0 spiro atoms. The topological polar surface area (TPSA) is 75.9 Å². The van der Waals surface area contributed by atoms with Crippen molar-refractivity contribution in [3.8, 4) is 0 Å². The number of benzene rings is 1. The quantitative estimate of drug-likeness (QED) is 0.537. The van der Waals surface area contributed by atoms with Crippen LogP contribution in [0.1, 0.15) is 5.56 Å². The zero-order chi connectivity index (χ0) is 11.4. The Morgan fingerprint density at radius 2 is 1.75 bits per heavy atom. The van der Waals surface area contributed by atoms with E-state index in [1.54, 1.807) is 6.07 Å². The first-order chi connectivity index (χ1) is 7.78.